The Labute approximate surface area is 156 Å². The number of nitrogens with zero attached hydrogens (tertiary/aromatic N) is 3. The van der Waals surface area contributed by atoms with E-state index in [0.29, 0.717) is 13.1 Å². The summed E-state index contributed by atoms with van der Waals surface area (Å²) in [4.78, 5) is 16.6. The van der Waals surface area contributed by atoms with Crippen molar-refractivity contribution in [3.05, 3.63) is 29.8 Å². The van der Waals surface area contributed by atoms with Crippen molar-refractivity contribution < 1.29 is 17.9 Å². The van der Waals surface area contributed by atoms with Gasteiger partial charge >= 0.3 is 0 Å². The van der Waals surface area contributed by atoms with Crippen molar-refractivity contribution >= 4 is 15.9 Å². The Morgan fingerprint density at radius 1 is 1.15 bits per heavy atom. The fraction of sp³-hybridized carbons (Fsp3) is 0.611. The Hall–Kier alpha value is -1.64. The maximum Gasteiger partial charge on any atom is 0.223 e. The second kappa shape index (κ2) is 9.34. The van der Waals surface area contributed by atoms with Crippen molar-refractivity contribution in [1.82, 2.24) is 14.1 Å². The molecule has 146 valence electrons. The first kappa shape index (κ1) is 20.7. The highest BCUT2D eigenvalue weighted by molar-refractivity contribution is 7.88. The summed E-state index contributed by atoms with van der Waals surface area (Å²) in [6, 6.07) is 7.27. The standard InChI is InChI=1S/C18H29N3O4S/c1-4-19-11-13-20(14-12-19)18(22)9-10-21(26(3,23)24)15-16-5-7-17(25-2)8-6-16/h5-8H,4,9-15H2,1-3H3. The summed E-state index contributed by atoms with van der Waals surface area (Å²) < 4.78 is 30.7. The molecule has 0 saturated carbocycles. The van der Waals surface area contributed by atoms with Crippen molar-refractivity contribution in [2.45, 2.75) is 19.9 Å². The molecular formula is C18H29N3O4S. The first-order valence-corrected chi connectivity index (χ1v) is 10.8. The van der Waals surface area contributed by atoms with Gasteiger partial charge in [-0.1, -0.05) is 19.1 Å². The SMILES string of the molecule is CCN1CCN(C(=O)CCN(Cc2ccc(OC)cc2)S(C)(=O)=O)CC1. The highest BCUT2D eigenvalue weighted by Gasteiger charge is 2.23. The minimum atomic E-state index is -3.39. The third-order valence-corrected chi connectivity index (χ3v) is 5.98. The van der Waals surface area contributed by atoms with E-state index in [1.807, 2.05) is 17.0 Å². The molecule has 1 aromatic carbocycles. The highest BCUT2D eigenvalue weighted by Crippen LogP contribution is 2.15. The van der Waals surface area contributed by atoms with E-state index < -0.39 is 10.0 Å². The van der Waals surface area contributed by atoms with Gasteiger partial charge in [-0.3, -0.25) is 4.79 Å². The number of carbonyl (C=O) groups is 1. The van der Waals surface area contributed by atoms with Crippen molar-refractivity contribution in [2.75, 3.05) is 52.6 Å². The number of amides is 1. The Kier molecular flexibility index (Phi) is 7.43. The number of hydrogen-bond acceptors (Lipinski definition) is 5. The fourth-order valence-corrected chi connectivity index (χ4v) is 3.80. The lowest BCUT2D eigenvalue weighted by Crippen LogP contribution is -2.49. The van der Waals surface area contributed by atoms with Gasteiger partial charge in [0, 0.05) is 45.7 Å². The summed E-state index contributed by atoms with van der Waals surface area (Å²) >= 11 is 0. The molecule has 0 atom stereocenters. The minimum absolute atomic E-state index is 0.0177. The van der Waals surface area contributed by atoms with Crippen LogP contribution in [0.3, 0.4) is 0 Å². The zero-order chi connectivity index (χ0) is 19.2. The average Bonchev–Trinajstić information content (AvgIpc) is 2.64. The van der Waals surface area contributed by atoms with E-state index >= 15 is 0 Å². The molecule has 0 aromatic heterocycles. The van der Waals surface area contributed by atoms with Gasteiger partial charge in [-0.2, -0.15) is 4.31 Å². The van der Waals surface area contributed by atoms with E-state index in [1.54, 1.807) is 19.2 Å². The van der Waals surface area contributed by atoms with Crippen molar-refractivity contribution in [1.29, 1.82) is 0 Å². The molecule has 1 fully saturated rings. The molecule has 0 aliphatic carbocycles. The lowest BCUT2D eigenvalue weighted by molar-refractivity contribution is -0.133. The molecule has 1 aromatic rings. The van der Waals surface area contributed by atoms with Crippen LogP contribution in [0.1, 0.15) is 18.9 Å². The zero-order valence-electron chi connectivity index (χ0n) is 15.8. The number of hydrogen-bond donors (Lipinski definition) is 0. The zero-order valence-corrected chi connectivity index (χ0v) is 16.7. The number of carbonyl (C=O) groups excluding carboxylic acids is 1. The van der Waals surface area contributed by atoms with Crippen molar-refractivity contribution in [2.24, 2.45) is 0 Å². The predicted octanol–water partition coefficient (Wildman–Crippen LogP) is 1.01. The third kappa shape index (κ3) is 5.96. The van der Waals surface area contributed by atoms with Crippen LogP contribution in [0.25, 0.3) is 0 Å². The molecule has 1 aliphatic heterocycles. The largest absolute Gasteiger partial charge is 0.497 e. The number of methoxy groups -OCH3 is 1. The van der Waals surface area contributed by atoms with E-state index in [4.69, 9.17) is 4.74 Å². The molecule has 8 heteroatoms. The number of benzene rings is 1. The summed E-state index contributed by atoms with van der Waals surface area (Å²) in [5.41, 5.74) is 0.861. The molecule has 1 aliphatic rings. The van der Waals surface area contributed by atoms with Gasteiger partial charge in [0.1, 0.15) is 5.75 Å². The second-order valence-corrected chi connectivity index (χ2v) is 8.49. The number of likely N-dealkylation sites (N-methyl/N-ethyl adjacent to an activating group) is 1. The molecule has 0 unspecified atom stereocenters. The van der Waals surface area contributed by atoms with E-state index in [2.05, 4.69) is 11.8 Å². The summed E-state index contributed by atoms with van der Waals surface area (Å²) in [5.74, 6) is 0.741. The molecule has 0 bridgehead atoms. The first-order chi connectivity index (χ1) is 12.3. The van der Waals surface area contributed by atoms with Crippen molar-refractivity contribution in [3.8, 4) is 5.75 Å². The van der Waals surface area contributed by atoms with Gasteiger partial charge in [0.2, 0.25) is 15.9 Å². The highest BCUT2D eigenvalue weighted by atomic mass is 32.2. The molecule has 0 radical (unpaired) electrons. The quantitative estimate of drug-likeness (QED) is 0.670. The van der Waals surface area contributed by atoms with E-state index in [-0.39, 0.29) is 25.4 Å². The Balaban J connectivity index is 1.92. The van der Waals surface area contributed by atoms with Gasteiger partial charge < -0.3 is 14.5 Å². The number of ether oxygens (including phenoxy) is 1. The summed E-state index contributed by atoms with van der Waals surface area (Å²) in [5, 5.41) is 0. The van der Waals surface area contributed by atoms with Crippen LogP contribution in [0.5, 0.6) is 5.75 Å². The van der Waals surface area contributed by atoms with Crippen LogP contribution in [0.2, 0.25) is 0 Å². The van der Waals surface area contributed by atoms with Crippen LogP contribution in [-0.2, 0) is 21.4 Å². The topological polar surface area (TPSA) is 70.2 Å². The lowest BCUT2D eigenvalue weighted by Gasteiger charge is -2.34. The van der Waals surface area contributed by atoms with Gasteiger partial charge in [-0.05, 0) is 24.2 Å². The Morgan fingerprint density at radius 2 is 1.77 bits per heavy atom. The Morgan fingerprint density at radius 3 is 2.27 bits per heavy atom. The van der Waals surface area contributed by atoms with Crippen molar-refractivity contribution in [3.63, 3.8) is 0 Å². The molecule has 2 rings (SSSR count). The molecule has 1 saturated heterocycles. The average molecular weight is 384 g/mol. The smallest absolute Gasteiger partial charge is 0.223 e. The maximum absolute atomic E-state index is 12.4. The predicted molar refractivity (Wildman–Crippen MR) is 102 cm³/mol. The molecule has 26 heavy (non-hydrogen) atoms. The van der Waals surface area contributed by atoms with Crippen LogP contribution in [0.15, 0.2) is 24.3 Å². The van der Waals surface area contributed by atoms with E-state index in [1.165, 1.54) is 10.6 Å². The molecule has 1 heterocycles. The minimum Gasteiger partial charge on any atom is -0.497 e. The number of piperazine rings is 1. The maximum atomic E-state index is 12.4. The third-order valence-electron chi connectivity index (χ3n) is 4.73. The van der Waals surface area contributed by atoms with Gasteiger partial charge in [0.05, 0.1) is 13.4 Å². The molecule has 1 amide bonds. The van der Waals surface area contributed by atoms with E-state index in [9.17, 15) is 13.2 Å². The second-order valence-electron chi connectivity index (χ2n) is 6.51. The van der Waals surface area contributed by atoms with Crippen LogP contribution in [-0.4, -0.2) is 81.1 Å². The summed E-state index contributed by atoms with van der Waals surface area (Å²) in [7, 11) is -1.81. The molecule has 0 N–H and O–H groups in total. The molecular weight excluding hydrogens is 354 g/mol. The fourth-order valence-electron chi connectivity index (χ4n) is 2.99. The van der Waals surface area contributed by atoms with Crippen LogP contribution in [0, 0.1) is 0 Å². The monoisotopic (exact) mass is 383 g/mol. The van der Waals surface area contributed by atoms with Crippen LogP contribution >= 0.6 is 0 Å². The summed E-state index contributed by atoms with van der Waals surface area (Å²) in [6.45, 7) is 6.73. The number of rotatable bonds is 8. The number of sulfonamides is 1. The van der Waals surface area contributed by atoms with Crippen LogP contribution < -0.4 is 4.74 Å². The normalized spacial score (nSPS) is 16.1. The van der Waals surface area contributed by atoms with Gasteiger partial charge in [-0.15, -0.1) is 0 Å². The van der Waals surface area contributed by atoms with Crippen LogP contribution in [0.4, 0.5) is 0 Å². The van der Waals surface area contributed by atoms with Gasteiger partial charge in [0.25, 0.3) is 0 Å². The van der Waals surface area contributed by atoms with Gasteiger partial charge in [0.15, 0.2) is 0 Å². The van der Waals surface area contributed by atoms with Gasteiger partial charge in [-0.25, -0.2) is 8.42 Å². The molecule has 7 nitrogen and oxygen atoms in total. The lowest BCUT2D eigenvalue weighted by atomic mass is 10.2. The van der Waals surface area contributed by atoms with E-state index in [0.717, 1.165) is 30.9 Å². The molecule has 0 spiro atoms. The first-order valence-electron chi connectivity index (χ1n) is 8.91. The Bertz CT molecular complexity index is 683. The summed E-state index contributed by atoms with van der Waals surface area (Å²) in [6.07, 6.45) is 1.39.